The van der Waals surface area contributed by atoms with Gasteiger partial charge in [0.1, 0.15) is 12.2 Å². The molecule has 0 fully saturated rings. The molecule has 0 saturated heterocycles. The fraction of sp³-hybridized carbons (Fsp3) is 0.462. The third kappa shape index (κ3) is 6.45. The first kappa shape index (κ1) is 13.4. The van der Waals surface area contributed by atoms with Gasteiger partial charge in [-0.25, -0.2) is 0 Å². The fourth-order valence-corrected chi connectivity index (χ4v) is 1.42. The van der Waals surface area contributed by atoms with Gasteiger partial charge >= 0.3 is 5.97 Å². The number of hydrogen-bond acceptors (Lipinski definition) is 4. The monoisotopic (exact) mass is 235 g/mol. The first-order valence-corrected chi connectivity index (χ1v) is 5.72. The SMILES string of the molecule is CC(=O)CC(=O)OCCCCc1cccnc1. The lowest BCUT2D eigenvalue weighted by Crippen LogP contribution is -2.09. The maximum Gasteiger partial charge on any atom is 0.313 e. The van der Waals surface area contributed by atoms with Crippen LogP contribution in [-0.4, -0.2) is 23.3 Å². The topological polar surface area (TPSA) is 56.3 Å². The molecule has 0 N–H and O–H groups in total. The molecule has 0 bridgehead atoms. The summed E-state index contributed by atoms with van der Waals surface area (Å²) in [4.78, 5) is 25.7. The summed E-state index contributed by atoms with van der Waals surface area (Å²) >= 11 is 0. The van der Waals surface area contributed by atoms with Gasteiger partial charge < -0.3 is 4.74 Å². The van der Waals surface area contributed by atoms with Crippen LogP contribution in [-0.2, 0) is 20.7 Å². The molecule has 0 saturated carbocycles. The number of Topliss-reactive ketones (excluding diaryl/α,β-unsaturated/α-hetero) is 1. The summed E-state index contributed by atoms with van der Waals surface area (Å²) in [6.45, 7) is 1.76. The third-order valence-corrected chi connectivity index (χ3v) is 2.24. The molecule has 1 rings (SSSR count). The minimum Gasteiger partial charge on any atom is -0.465 e. The number of rotatable bonds is 7. The maximum absolute atomic E-state index is 11.0. The van der Waals surface area contributed by atoms with Crippen molar-refractivity contribution in [1.82, 2.24) is 4.98 Å². The van der Waals surface area contributed by atoms with Crippen LogP contribution in [0.5, 0.6) is 0 Å². The van der Waals surface area contributed by atoms with Gasteiger partial charge in [0, 0.05) is 12.4 Å². The number of aryl methyl sites for hydroxylation is 1. The zero-order valence-corrected chi connectivity index (χ0v) is 10.0. The molecule has 1 aromatic rings. The van der Waals surface area contributed by atoms with Crippen molar-refractivity contribution in [3.8, 4) is 0 Å². The number of ether oxygens (including phenoxy) is 1. The summed E-state index contributed by atoms with van der Waals surface area (Å²) in [7, 11) is 0. The number of nitrogens with zero attached hydrogens (tertiary/aromatic N) is 1. The van der Waals surface area contributed by atoms with Crippen molar-refractivity contribution in [3.63, 3.8) is 0 Å². The number of carbonyl (C=O) groups excluding carboxylic acids is 2. The van der Waals surface area contributed by atoms with E-state index in [4.69, 9.17) is 4.74 Å². The second-order valence-electron chi connectivity index (χ2n) is 3.92. The highest BCUT2D eigenvalue weighted by Crippen LogP contribution is 2.03. The van der Waals surface area contributed by atoms with Crippen LogP contribution >= 0.6 is 0 Å². The second kappa shape index (κ2) is 7.54. The molecule has 1 aromatic heterocycles. The number of ketones is 1. The van der Waals surface area contributed by atoms with Crippen molar-refractivity contribution in [2.75, 3.05) is 6.61 Å². The summed E-state index contributed by atoms with van der Waals surface area (Å²) < 4.78 is 4.92. The largest absolute Gasteiger partial charge is 0.465 e. The molecule has 17 heavy (non-hydrogen) atoms. The van der Waals surface area contributed by atoms with Crippen LogP contribution in [0.1, 0.15) is 31.7 Å². The first-order chi connectivity index (χ1) is 8.18. The fourth-order valence-electron chi connectivity index (χ4n) is 1.42. The van der Waals surface area contributed by atoms with E-state index in [1.54, 1.807) is 6.20 Å². The zero-order chi connectivity index (χ0) is 12.5. The highest BCUT2D eigenvalue weighted by atomic mass is 16.5. The molecule has 0 spiro atoms. The summed E-state index contributed by atoms with van der Waals surface area (Å²) in [6, 6.07) is 3.93. The van der Waals surface area contributed by atoms with E-state index in [9.17, 15) is 9.59 Å². The lowest BCUT2D eigenvalue weighted by molar-refractivity contribution is -0.145. The predicted molar refractivity (Wildman–Crippen MR) is 63.4 cm³/mol. The van der Waals surface area contributed by atoms with Gasteiger partial charge in [-0.3, -0.25) is 14.6 Å². The van der Waals surface area contributed by atoms with Crippen molar-refractivity contribution in [2.24, 2.45) is 0 Å². The van der Waals surface area contributed by atoms with Gasteiger partial charge in [0.25, 0.3) is 0 Å². The molecule has 0 aliphatic carbocycles. The number of aromatic nitrogens is 1. The summed E-state index contributed by atoms with van der Waals surface area (Å²) in [5.41, 5.74) is 1.18. The Kier molecular flexibility index (Phi) is 5.93. The molecule has 0 amide bonds. The van der Waals surface area contributed by atoms with Crippen LogP contribution in [0.15, 0.2) is 24.5 Å². The van der Waals surface area contributed by atoms with Gasteiger partial charge in [-0.2, -0.15) is 0 Å². The average Bonchev–Trinajstić information content (AvgIpc) is 2.29. The van der Waals surface area contributed by atoms with Gasteiger partial charge in [0.15, 0.2) is 0 Å². The predicted octanol–water partition coefficient (Wildman–Crippen LogP) is 1.93. The molecule has 0 aliphatic heterocycles. The number of esters is 1. The Morgan fingerprint density at radius 1 is 1.35 bits per heavy atom. The first-order valence-electron chi connectivity index (χ1n) is 5.72. The molecule has 0 unspecified atom stereocenters. The van der Waals surface area contributed by atoms with E-state index >= 15 is 0 Å². The normalized spacial score (nSPS) is 9.94. The number of pyridine rings is 1. The summed E-state index contributed by atoms with van der Waals surface area (Å²) in [6.07, 6.45) is 6.13. The average molecular weight is 235 g/mol. The minimum absolute atomic E-state index is 0.122. The molecule has 4 nitrogen and oxygen atoms in total. The second-order valence-corrected chi connectivity index (χ2v) is 3.92. The Balaban J connectivity index is 2.05. The van der Waals surface area contributed by atoms with E-state index in [0.29, 0.717) is 6.61 Å². The van der Waals surface area contributed by atoms with E-state index < -0.39 is 5.97 Å². The molecule has 4 heteroatoms. The number of carbonyl (C=O) groups is 2. The van der Waals surface area contributed by atoms with E-state index in [-0.39, 0.29) is 12.2 Å². The molecule has 92 valence electrons. The molecule has 0 aliphatic rings. The van der Waals surface area contributed by atoms with E-state index in [1.165, 1.54) is 12.5 Å². The maximum atomic E-state index is 11.0. The van der Waals surface area contributed by atoms with Crippen molar-refractivity contribution >= 4 is 11.8 Å². The summed E-state index contributed by atoms with van der Waals surface area (Å²) in [5.74, 6) is -0.593. The quantitative estimate of drug-likeness (QED) is 0.411. The summed E-state index contributed by atoms with van der Waals surface area (Å²) in [5, 5.41) is 0. The lowest BCUT2D eigenvalue weighted by Gasteiger charge is -2.03. The van der Waals surface area contributed by atoms with Gasteiger partial charge in [0.05, 0.1) is 6.61 Å². The van der Waals surface area contributed by atoms with Gasteiger partial charge in [-0.1, -0.05) is 6.07 Å². The van der Waals surface area contributed by atoms with Crippen LogP contribution < -0.4 is 0 Å². The molecule has 0 aromatic carbocycles. The van der Waals surface area contributed by atoms with E-state index in [1.807, 2.05) is 18.3 Å². The van der Waals surface area contributed by atoms with Crippen LogP contribution in [0.3, 0.4) is 0 Å². The Hall–Kier alpha value is -1.71. The van der Waals surface area contributed by atoms with Crippen molar-refractivity contribution < 1.29 is 14.3 Å². The van der Waals surface area contributed by atoms with Gasteiger partial charge in [0.2, 0.25) is 0 Å². The highest BCUT2D eigenvalue weighted by Gasteiger charge is 2.05. The number of hydrogen-bond donors (Lipinski definition) is 0. The Morgan fingerprint density at radius 2 is 2.18 bits per heavy atom. The van der Waals surface area contributed by atoms with Crippen LogP contribution in [0, 0.1) is 0 Å². The van der Waals surface area contributed by atoms with Crippen molar-refractivity contribution in [1.29, 1.82) is 0 Å². The molecular formula is C13H17NO3. The van der Waals surface area contributed by atoms with Gasteiger partial charge in [-0.05, 0) is 37.8 Å². The Labute approximate surface area is 101 Å². The van der Waals surface area contributed by atoms with Crippen LogP contribution in [0.2, 0.25) is 0 Å². The van der Waals surface area contributed by atoms with E-state index in [0.717, 1.165) is 19.3 Å². The minimum atomic E-state index is -0.432. The van der Waals surface area contributed by atoms with Crippen molar-refractivity contribution in [2.45, 2.75) is 32.6 Å². The van der Waals surface area contributed by atoms with Crippen LogP contribution in [0.4, 0.5) is 0 Å². The third-order valence-electron chi connectivity index (χ3n) is 2.24. The van der Waals surface area contributed by atoms with E-state index in [2.05, 4.69) is 4.98 Å². The highest BCUT2D eigenvalue weighted by molar-refractivity contribution is 5.94. The molecule has 0 radical (unpaired) electrons. The van der Waals surface area contributed by atoms with Crippen molar-refractivity contribution in [3.05, 3.63) is 30.1 Å². The Bertz CT molecular complexity index is 362. The number of unbranched alkanes of at least 4 members (excludes halogenated alkanes) is 1. The molecule has 0 atom stereocenters. The molecular weight excluding hydrogens is 218 g/mol. The standard InChI is InChI=1S/C13H17NO3/c1-11(15)9-13(16)17-8-3-2-5-12-6-4-7-14-10-12/h4,6-7,10H,2-3,5,8-9H2,1H3. The smallest absolute Gasteiger partial charge is 0.313 e. The van der Waals surface area contributed by atoms with Crippen LogP contribution in [0.25, 0.3) is 0 Å². The van der Waals surface area contributed by atoms with Gasteiger partial charge in [-0.15, -0.1) is 0 Å². The lowest BCUT2D eigenvalue weighted by atomic mass is 10.1. The molecule has 1 heterocycles. The Morgan fingerprint density at radius 3 is 2.82 bits per heavy atom. The zero-order valence-electron chi connectivity index (χ0n) is 10.0.